The van der Waals surface area contributed by atoms with E-state index in [0.717, 1.165) is 5.56 Å². The molecule has 1 fully saturated rings. The number of amides is 1. The Hall–Kier alpha value is -1.35. The van der Waals surface area contributed by atoms with Crippen LogP contribution in [-0.4, -0.2) is 37.1 Å². The smallest absolute Gasteiger partial charge is 0.251 e. The topological polar surface area (TPSA) is 29.5 Å². The van der Waals surface area contributed by atoms with Gasteiger partial charge < -0.3 is 9.64 Å². The van der Waals surface area contributed by atoms with Crippen LogP contribution in [0, 0.1) is 0 Å². The lowest BCUT2D eigenvalue weighted by atomic mass is 10.1. The van der Waals surface area contributed by atoms with Crippen molar-refractivity contribution in [3.05, 3.63) is 35.9 Å². The summed E-state index contributed by atoms with van der Waals surface area (Å²) < 4.78 is 5.47. The lowest BCUT2D eigenvalue weighted by Crippen LogP contribution is -2.46. The quantitative estimate of drug-likeness (QED) is 0.723. The van der Waals surface area contributed by atoms with E-state index in [1.807, 2.05) is 37.4 Å². The standard InChI is InChI=1S/C12H15NO2/c1-13-7-8-15-11(12(13)14)9-10-5-3-2-4-6-10/h2-6,11H,7-9H2,1H3. The summed E-state index contributed by atoms with van der Waals surface area (Å²) in [5, 5.41) is 0. The molecular weight excluding hydrogens is 190 g/mol. The van der Waals surface area contributed by atoms with Crippen LogP contribution in [-0.2, 0) is 16.0 Å². The average molecular weight is 205 g/mol. The highest BCUT2D eigenvalue weighted by Crippen LogP contribution is 2.11. The molecule has 0 spiro atoms. The summed E-state index contributed by atoms with van der Waals surface area (Å²) in [5.74, 6) is 0.0881. The number of benzene rings is 1. The molecule has 0 radical (unpaired) electrons. The fourth-order valence-corrected chi connectivity index (χ4v) is 1.73. The van der Waals surface area contributed by atoms with Crippen molar-refractivity contribution in [2.24, 2.45) is 0 Å². The molecule has 0 saturated carbocycles. The SMILES string of the molecule is CN1CCOC(Cc2ccccc2)C1=O. The average Bonchev–Trinajstić information content (AvgIpc) is 2.26. The fourth-order valence-electron chi connectivity index (χ4n) is 1.73. The van der Waals surface area contributed by atoms with E-state index >= 15 is 0 Å². The van der Waals surface area contributed by atoms with Crippen molar-refractivity contribution in [2.45, 2.75) is 12.5 Å². The Morgan fingerprint density at radius 2 is 2.13 bits per heavy atom. The van der Waals surface area contributed by atoms with Crippen LogP contribution in [0.2, 0.25) is 0 Å². The summed E-state index contributed by atoms with van der Waals surface area (Å²) in [4.78, 5) is 13.5. The largest absolute Gasteiger partial charge is 0.366 e. The molecule has 1 aromatic rings. The van der Waals surface area contributed by atoms with Crippen molar-refractivity contribution in [3.8, 4) is 0 Å². The van der Waals surface area contributed by atoms with Crippen LogP contribution >= 0.6 is 0 Å². The summed E-state index contributed by atoms with van der Waals surface area (Å²) >= 11 is 0. The molecule has 3 heteroatoms. The van der Waals surface area contributed by atoms with Gasteiger partial charge in [0.1, 0.15) is 6.10 Å². The number of hydrogen-bond donors (Lipinski definition) is 0. The molecule has 1 saturated heterocycles. The third-order valence-electron chi connectivity index (χ3n) is 2.66. The Labute approximate surface area is 89.7 Å². The Morgan fingerprint density at radius 1 is 1.40 bits per heavy atom. The van der Waals surface area contributed by atoms with Gasteiger partial charge in [-0.2, -0.15) is 0 Å². The van der Waals surface area contributed by atoms with Crippen molar-refractivity contribution in [1.82, 2.24) is 4.90 Å². The molecule has 0 aromatic heterocycles. The third kappa shape index (κ3) is 2.36. The number of hydrogen-bond acceptors (Lipinski definition) is 2. The number of rotatable bonds is 2. The Morgan fingerprint density at radius 3 is 2.87 bits per heavy atom. The van der Waals surface area contributed by atoms with Gasteiger partial charge in [0, 0.05) is 20.0 Å². The molecule has 80 valence electrons. The number of ether oxygens (including phenoxy) is 1. The van der Waals surface area contributed by atoms with Gasteiger partial charge in [0.2, 0.25) is 0 Å². The van der Waals surface area contributed by atoms with Crippen LogP contribution in [0.4, 0.5) is 0 Å². The second-order valence-electron chi connectivity index (χ2n) is 3.81. The summed E-state index contributed by atoms with van der Waals surface area (Å²) in [6.07, 6.45) is 0.371. The summed E-state index contributed by atoms with van der Waals surface area (Å²) in [7, 11) is 1.82. The first-order valence-electron chi connectivity index (χ1n) is 5.18. The van der Waals surface area contributed by atoms with Crippen molar-refractivity contribution in [1.29, 1.82) is 0 Å². The first-order valence-corrected chi connectivity index (χ1v) is 5.18. The Balaban J connectivity index is 2.03. The monoisotopic (exact) mass is 205 g/mol. The van der Waals surface area contributed by atoms with Gasteiger partial charge in [-0.3, -0.25) is 4.79 Å². The molecule has 15 heavy (non-hydrogen) atoms. The Kier molecular flexibility index (Phi) is 3.02. The van der Waals surface area contributed by atoms with Crippen molar-refractivity contribution >= 4 is 5.91 Å². The normalized spacial score (nSPS) is 21.8. The van der Waals surface area contributed by atoms with Crippen LogP contribution in [0.3, 0.4) is 0 Å². The maximum Gasteiger partial charge on any atom is 0.251 e. The maximum absolute atomic E-state index is 11.7. The molecular formula is C12H15NO2. The van der Waals surface area contributed by atoms with Gasteiger partial charge in [-0.15, -0.1) is 0 Å². The number of likely N-dealkylation sites (N-methyl/N-ethyl adjacent to an activating group) is 1. The molecule has 1 unspecified atom stereocenters. The van der Waals surface area contributed by atoms with Gasteiger partial charge in [-0.05, 0) is 5.56 Å². The van der Waals surface area contributed by atoms with Gasteiger partial charge in [0.15, 0.2) is 0 Å². The van der Waals surface area contributed by atoms with E-state index in [-0.39, 0.29) is 12.0 Å². The second kappa shape index (κ2) is 4.45. The zero-order valence-electron chi connectivity index (χ0n) is 8.85. The van der Waals surface area contributed by atoms with Gasteiger partial charge >= 0.3 is 0 Å². The fraction of sp³-hybridized carbons (Fsp3) is 0.417. The van der Waals surface area contributed by atoms with Crippen LogP contribution in [0.15, 0.2) is 30.3 Å². The van der Waals surface area contributed by atoms with Crippen LogP contribution in [0.5, 0.6) is 0 Å². The van der Waals surface area contributed by atoms with E-state index < -0.39 is 0 Å². The van der Waals surface area contributed by atoms with Gasteiger partial charge in [0.05, 0.1) is 6.61 Å². The summed E-state index contributed by atoms with van der Waals surface area (Å²) in [6.45, 7) is 1.34. The molecule has 1 atom stereocenters. The molecule has 1 amide bonds. The number of carbonyl (C=O) groups is 1. The minimum atomic E-state index is -0.300. The van der Waals surface area contributed by atoms with Crippen LogP contribution in [0.25, 0.3) is 0 Å². The summed E-state index contributed by atoms with van der Waals surface area (Å²) in [5.41, 5.74) is 1.14. The first kappa shape index (κ1) is 10.2. The van der Waals surface area contributed by atoms with Crippen LogP contribution < -0.4 is 0 Å². The molecule has 1 aliphatic rings. The minimum Gasteiger partial charge on any atom is -0.366 e. The second-order valence-corrected chi connectivity index (χ2v) is 3.81. The highest BCUT2D eigenvalue weighted by atomic mass is 16.5. The molecule has 1 aromatic carbocycles. The Bertz CT molecular complexity index is 337. The van der Waals surface area contributed by atoms with E-state index in [9.17, 15) is 4.79 Å². The lowest BCUT2D eigenvalue weighted by Gasteiger charge is -2.29. The zero-order chi connectivity index (χ0) is 10.7. The first-order chi connectivity index (χ1) is 7.27. The minimum absolute atomic E-state index is 0.0881. The molecule has 1 aliphatic heterocycles. The molecule has 0 N–H and O–H groups in total. The predicted molar refractivity (Wildman–Crippen MR) is 57.5 cm³/mol. The molecule has 0 aliphatic carbocycles. The van der Waals surface area contributed by atoms with E-state index in [1.165, 1.54) is 0 Å². The van der Waals surface area contributed by atoms with Gasteiger partial charge in [0.25, 0.3) is 5.91 Å². The molecule has 2 rings (SSSR count). The maximum atomic E-state index is 11.7. The van der Waals surface area contributed by atoms with Gasteiger partial charge in [-0.1, -0.05) is 30.3 Å². The molecule has 3 nitrogen and oxygen atoms in total. The number of morpholine rings is 1. The number of carbonyl (C=O) groups excluding carboxylic acids is 1. The summed E-state index contributed by atoms with van der Waals surface area (Å²) in [6, 6.07) is 9.97. The van der Waals surface area contributed by atoms with Gasteiger partial charge in [-0.25, -0.2) is 0 Å². The van der Waals surface area contributed by atoms with E-state index in [4.69, 9.17) is 4.74 Å². The van der Waals surface area contributed by atoms with Crippen molar-refractivity contribution in [3.63, 3.8) is 0 Å². The molecule has 1 heterocycles. The third-order valence-corrected chi connectivity index (χ3v) is 2.66. The van der Waals surface area contributed by atoms with E-state index in [2.05, 4.69) is 0 Å². The number of nitrogens with zero attached hydrogens (tertiary/aromatic N) is 1. The lowest BCUT2D eigenvalue weighted by molar-refractivity contribution is -0.150. The highest BCUT2D eigenvalue weighted by Gasteiger charge is 2.26. The van der Waals surface area contributed by atoms with E-state index in [1.54, 1.807) is 4.90 Å². The predicted octanol–water partition coefficient (Wildman–Crippen LogP) is 1.09. The molecule has 0 bridgehead atoms. The van der Waals surface area contributed by atoms with Crippen molar-refractivity contribution in [2.75, 3.05) is 20.2 Å². The highest BCUT2D eigenvalue weighted by molar-refractivity contribution is 5.81. The van der Waals surface area contributed by atoms with Crippen molar-refractivity contribution < 1.29 is 9.53 Å². The zero-order valence-corrected chi connectivity index (χ0v) is 8.85. The van der Waals surface area contributed by atoms with E-state index in [0.29, 0.717) is 19.6 Å². The van der Waals surface area contributed by atoms with Crippen LogP contribution in [0.1, 0.15) is 5.56 Å².